The zero-order valence-corrected chi connectivity index (χ0v) is 16.4. The predicted octanol–water partition coefficient (Wildman–Crippen LogP) is 2.33. The molecule has 1 aliphatic rings. The molecule has 1 atom stereocenters. The van der Waals surface area contributed by atoms with E-state index in [-0.39, 0.29) is 23.5 Å². The summed E-state index contributed by atoms with van der Waals surface area (Å²) < 4.78 is 16.4. The molecular weight excluding hydrogens is 388 g/mol. The number of benzene rings is 2. The molecule has 0 amide bonds. The summed E-state index contributed by atoms with van der Waals surface area (Å²) in [5.41, 5.74) is 0.768. The number of esters is 1. The van der Waals surface area contributed by atoms with Crippen molar-refractivity contribution in [3.63, 3.8) is 0 Å². The Kier molecular flexibility index (Phi) is 5.58. The van der Waals surface area contributed by atoms with Gasteiger partial charge < -0.3 is 19.4 Å². The van der Waals surface area contributed by atoms with Crippen LogP contribution in [0, 0.1) is 5.21 Å². The third-order valence-electron chi connectivity index (χ3n) is 4.93. The third-order valence-corrected chi connectivity index (χ3v) is 4.93. The molecule has 154 valence electrons. The molecule has 0 radical (unpaired) electrons. The first kappa shape index (κ1) is 19.8. The van der Waals surface area contributed by atoms with Gasteiger partial charge in [0.05, 0.1) is 13.2 Å². The van der Waals surface area contributed by atoms with Gasteiger partial charge in [-0.15, -0.1) is 0 Å². The van der Waals surface area contributed by atoms with Crippen molar-refractivity contribution in [2.45, 2.75) is 25.6 Å². The number of carbonyl (C=O) groups is 2. The van der Waals surface area contributed by atoms with Crippen LogP contribution in [-0.2, 0) is 20.9 Å². The van der Waals surface area contributed by atoms with Crippen LogP contribution < -0.4 is 9.47 Å². The van der Waals surface area contributed by atoms with Crippen LogP contribution in [0.3, 0.4) is 0 Å². The SMILES string of the molecule is COc1ccc2nc(COC(=O)[C@H]3CCCO3)c(C(=O)c3ccccc3)[n+]([O-])c2c1. The van der Waals surface area contributed by atoms with Crippen LogP contribution >= 0.6 is 0 Å². The Morgan fingerprint density at radius 1 is 1.23 bits per heavy atom. The molecule has 0 unspecified atom stereocenters. The fourth-order valence-electron chi connectivity index (χ4n) is 3.37. The van der Waals surface area contributed by atoms with Crippen molar-refractivity contribution in [2.24, 2.45) is 0 Å². The molecule has 0 N–H and O–H groups in total. The number of ketones is 1. The van der Waals surface area contributed by atoms with E-state index < -0.39 is 17.9 Å². The molecule has 8 nitrogen and oxygen atoms in total. The summed E-state index contributed by atoms with van der Waals surface area (Å²) in [6.45, 7) is 0.199. The van der Waals surface area contributed by atoms with Crippen LogP contribution in [0.15, 0.2) is 48.5 Å². The number of rotatable bonds is 6. The van der Waals surface area contributed by atoms with Crippen LogP contribution in [0.5, 0.6) is 5.75 Å². The molecule has 8 heteroatoms. The molecule has 0 aliphatic carbocycles. The summed E-state index contributed by atoms with van der Waals surface area (Å²) in [4.78, 5) is 29.8. The van der Waals surface area contributed by atoms with Crippen molar-refractivity contribution in [3.05, 3.63) is 70.7 Å². The second kappa shape index (κ2) is 8.46. The summed E-state index contributed by atoms with van der Waals surface area (Å²) in [6.07, 6.45) is 0.747. The van der Waals surface area contributed by atoms with E-state index in [4.69, 9.17) is 14.2 Å². The van der Waals surface area contributed by atoms with Crippen molar-refractivity contribution >= 4 is 22.8 Å². The lowest BCUT2D eigenvalue weighted by atomic mass is 10.1. The minimum absolute atomic E-state index is 0.0860. The second-order valence-corrected chi connectivity index (χ2v) is 6.86. The van der Waals surface area contributed by atoms with Gasteiger partial charge >= 0.3 is 5.97 Å². The standard InChI is InChI=1S/C22H20N2O6/c1-28-15-9-10-16-18(12-15)24(27)20(21(25)14-6-3-2-4-7-14)17(23-16)13-30-22(26)19-8-5-11-29-19/h2-4,6-7,9-10,12,19H,5,8,11,13H2,1H3/t19-/m1/s1. The molecule has 30 heavy (non-hydrogen) atoms. The summed E-state index contributed by atoms with van der Waals surface area (Å²) in [7, 11) is 1.48. The topological polar surface area (TPSA) is 102 Å². The van der Waals surface area contributed by atoms with E-state index in [1.807, 2.05) is 0 Å². The highest BCUT2D eigenvalue weighted by molar-refractivity contribution is 6.07. The molecule has 1 aliphatic heterocycles. The number of methoxy groups -OCH3 is 1. The van der Waals surface area contributed by atoms with E-state index in [0.717, 1.165) is 6.42 Å². The van der Waals surface area contributed by atoms with Crippen molar-refractivity contribution in [1.82, 2.24) is 4.98 Å². The van der Waals surface area contributed by atoms with Gasteiger partial charge in [-0.2, -0.15) is 4.73 Å². The van der Waals surface area contributed by atoms with E-state index in [0.29, 0.717) is 34.6 Å². The summed E-state index contributed by atoms with van der Waals surface area (Å²) in [5, 5.41) is 13.2. The second-order valence-electron chi connectivity index (χ2n) is 6.86. The van der Waals surface area contributed by atoms with Gasteiger partial charge in [-0.05, 0) is 25.0 Å². The number of hydrogen-bond acceptors (Lipinski definition) is 7. The van der Waals surface area contributed by atoms with E-state index in [1.54, 1.807) is 42.5 Å². The molecule has 3 aromatic rings. The Morgan fingerprint density at radius 2 is 2.03 bits per heavy atom. The van der Waals surface area contributed by atoms with Crippen molar-refractivity contribution in [3.8, 4) is 5.75 Å². The van der Waals surface area contributed by atoms with E-state index >= 15 is 0 Å². The van der Waals surface area contributed by atoms with Crippen LogP contribution in [-0.4, -0.2) is 36.6 Å². The molecule has 1 saturated heterocycles. The number of fused-ring (bicyclic) bond motifs is 1. The van der Waals surface area contributed by atoms with Gasteiger partial charge in [0, 0.05) is 12.2 Å². The van der Waals surface area contributed by atoms with Crippen LogP contribution in [0.2, 0.25) is 0 Å². The number of ether oxygens (including phenoxy) is 3. The minimum atomic E-state index is -0.623. The van der Waals surface area contributed by atoms with Gasteiger partial charge in [-0.3, -0.25) is 4.79 Å². The highest BCUT2D eigenvalue weighted by atomic mass is 16.6. The first-order chi connectivity index (χ1) is 14.6. The first-order valence-electron chi connectivity index (χ1n) is 9.56. The largest absolute Gasteiger partial charge is 0.618 e. The summed E-state index contributed by atoms with van der Waals surface area (Å²) >= 11 is 0. The predicted molar refractivity (Wildman–Crippen MR) is 106 cm³/mol. The molecule has 0 bridgehead atoms. The molecule has 2 heterocycles. The van der Waals surface area contributed by atoms with Crippen LogP contribution in [0.4, 0.5) is 0 Å². The zero-order chi connectivity index (χ0) is 21.1. The number of nitrogens with zero attached hydrogens (tertiary/aromatic N) is 2. The lowest BCUT2D eigenvalue weighted by Crippen LogP contribution is -2.38. The molecular formula is C22H20N2O6. The van der Waals surface area contributed by atoms with Gasteiger partial charge in [0.2, 0.25) is 5.52 Å². The number of hydrogen-bond donors (Lipinski definition) is 0. The van der Waals surface area contributed by atoms with Gasteiger partial charge in [-0.25, -0.2) is 9.78 Å². The van der Waals surface area contributed by atoms with Crippen molar-refractivity contribution in [1.29, 1.82) is 0 Å². The third kappa shape index (κ3) is 3.81. The van der Waals surface area contributed by atoms with Gasteiger partial charge in [-0.1, -0.05) is 30.3 Å². The summed E-state index contributed by atoms with van der Waals surface area (Å²) in [5.74, 6) is -0.574. The first-order valence-corrected chi connectivity index (χ1v) is 9.56. The van der Waals surface area contributed by atoms with E-state index in [2.05, 4.69) is 4.98 Å². The average molecular weight is 408 g/mol. The van der Waals surface area contributed by atoms with Gasteiger partial charge in [0.15, 0.2) is 11.8 Å². The van der Waals surface area contributed by atoms with Gasteiger partial charge in [0.1, 0.15) is 17.9 Å². The van der Waals surface area contributed by atoms with E-state index in [1.165, 1.54) is 13.2 Å². The Labute approximate surface area is 172 Å². The van der Waals surface area contributed by atoms with Crippen LogP contribution in [0.25, 0.3) is 11.0 Å². The van der Waals surface area contributed by atoms with Gasteiger partial charge in [0.25, 0.3) is 11.5 Å². The minimum Gasteiger partial charge on any atom is -0.618 e. The fraction of sp³-hybridized carbons (Fsp3) is 0.273. The molecule has 1 fully saturated rings. The fourth-order valence-corrected chi connectivity index (χ4v) is 3.37. The Bertz CT molecular complexity index is 1090. The van der Waals surface area contributed by atoms with Crippen molar-refractivity contribution in [2.75, 3.05) is 13.7 Å². The highest BCUT2D eigenvalue weighted by Gasteiger charge is 2.30. The summed E-state index contributed by atoms with van der Waals surface area (Å²) in [6, 6.07) is 13.2. The van der Waals surface area contributed by atoms with Crippen LogP contribution in [0.1, 0.15) is 34.6 Å². The normalized spacial score (nSPS) is 15.8. The van der Waals surface area contributed by atoms with E-state index in [9.17, 15) is 14.8 Å². The Hall–Kier alpha value is -3.52. The quantitative estimate of drug-likeness (QED) is 0.267. The Balaban J connectivity index is 1.76. The molecule has 4 rings (SSSR count). The number of aromatic nitrogens is 2. The molecule has 2 aromatic carbocycles. The maximum absolute atomic E-state index is 13.2. The lowest BCUT2D eigenvalue weighted by molar-refractivity contribution is -0.580. The maximum Gasteiger partial charge on any atom is 0.335 e. The highest BCUT2D eigenvalue weighted by Crippen LogP contribution is 2.21. The Morgan fingerprint density at radius 3 is 2.73 bits per heavy atom. The number of carbonyl (C=O) groups excluding carboxylic acids is 2. The average Bonchev–Trinajstić information content (AvgIpc) is 3.32. The molecule has 0 spiro atoms. The molecule has 0 saturated carbocycles. The smallest absolute Gasteiger partial charge is 0.335 e. The monoisotopic (exact) mass is 408 g/mol. The maximum atomic E-state index is 13.2. The zero-order valence-electron chi connectivity index (χ0n) is 16.4. The molecule has 1 aromatic heterocycles. The van der Waals surface area contributed by atoms with Crippen molar-refractivity contribution < 1.29 is 28.5 Å². The lowest BCUT2D eigenvalue weighted by Gasteiger charge is -2.13.